The van der Waals surface area contributed by atoms with Crippen LogP contribution in [0.2, 0.25) is 0 Å². The Morgan fingerprint density at radius 3 is 1.92 bits per heavy atom. The maximum atomic E-state index is 13.0. The number of rotatable bonds is 9. The van der Waals surface area contributed by atoms with Gasteiger partial charge in [-0.05, 0) is 30.5 Å². The maximum Gasteiger partial charge on any atom is 0.345 e. The second kappa shape index (κ2) is 9.13. The quantitative estimate of drug-likeness (QED) is 0.611. The molecule has 0 heterocycles. The summed E-state index contributed by atoms with van der Waals surface area (Å²) in [5, 5.41) is 9.69. The Balaban J connectivity index is 2.33. The van der Waals surface area contributed by atoms with Gasteiger partial charge in [0.2, 0.25) is 0 Å². The Kier molecular flexibility index (Phi) is 7.15. The van der Waals surface area contributed by atoms with Crippen molar-refractivity contribution >= 4 is 13.6 Å². The number of hydrogen-bond donors (Lipinski definition) is 1. The van der Waals surface area contributed by atoms with Gasteiger partial charge in [-0.15, -0.1) is 0 Å². The fourth-order valence-electron chi connectivity index (χ4n) is 2.97. The summed E-state index contributed by atoms with van der Waals surface area (Å²) >= 11 is 0. The number of carbonyl (C=O) groups is 1. The second-order valence-corrected chi connectivity index (χ2v) is 8.09. The van der Waals surface area contributed by atoms with Crippen molar-refractivity contribution in [1.82, 2.24) is 0 Å². The third-order valence-electron chi connectivity index (χ3n) is 4.23. The Bertz CT molecular complexity index is 748. The maximum absolute atomic E-state index is 13.0. The predicted molar refractivity (Wildman–Crippen MR) is 103 cm³/mol. The molecular weight excluding hydrogens is 351 g/mol. The lowest BCUT2D eigenvalue weighted by atomic mass is 9.95. The zero-order valence-electron chi connectivity index (χ0n) is 15.3. The van der Waals surface area contributed by atoms with Gasteiger partial charge in [-0.3, -0.25) is 9.36 Å². The lowest BCUT2D eigenvalue weighted by molar-refractivity contribution is -0.137. The first-order valence-corrected chi connectivity index (χ1v) is 10.3. The van der Waals surface area contributed by atoms with Crippen molar-refractivity contribution < 1.29 is 23.5 Å². The van der Waals surface area contributed by atoms with Gasteiger partial charge in [0.15, 0.2) is 5.66 Å². The highest BCUT2D eigenvalue weighted by Gasteiger charge is 2.45. The van der Waals surface area contributed by atoms with E-state index in [1.54, 1.807) is 20.8 Å². The molecule has 6 heteroatoms. The van der Waals surface area contributed by atoms with Crippen LogP contribution in [0.25, 0.3) is 11.1 Å². The van der Waals surface area contributed by atoms with Gasteiger partial charge in [-0.2, -0.15) is 0 Å². The monoisotopic (exact) mass is 376 g/mol. The summed E-state index contributed by atoms with van der Waals surface area (Å²) in [5.74, 6) is -1.71. The van der Waals surface area contributed by atoms with Gasteiger partial charge in [-0.1, -0.05) is 61.5 Å². The van der Waals surface area contributed by atoms with Crippen molar-refractivity contribution in [2.24, 2.45) is 0 Å². The van der Waals surface area contributed by atoms with Crippen LogP contribution in [0.5, 0.6) is 0 Å². The molecule has 2 atom stereocenters. The molecule has 2 aromatic carbocycles. The molecule has 140 valence electrons. The SMILES string of the molecule is CCOP(=O)(OCC)C(C(=O)O)C(C)c1ccc(-c2ccccc2)cc1. The average molecular weight is 376 g/mol. The molecule has 5 nitrogen and oxygen atoms in total. The summed E-state index contributed by atoms with van der Waals surface area (Å²) in [5.41, 5.74) is 1.63. The van der Waals surface area contributed by atoms with Crippen LogP contribution in [0, 0.1) is 0 Å². The van der Waals surface area contributed by atoms with Crippen molar-refractivity contribution in [3.8, 4) is 11.1 Å². The van der Waals surface area contributed by atoms with Crippen molar-refractivity contribution in [1.29, 1.82) is 0 Å². The summed E-state index contributed by atoms with van der Waals surface area (Å²) in [6.45, 7) is 5.33. The van der Waals surface area contributed by atoms with Crippen LogP contribution >= 0.6 is 7.60 Å². The van der Waals surface area contributed by atoms with Gasteiger partial charge in [0.05, 0.1) is 13.2 Å². The molecule has 0 radical (unpaired) electrons. The van der Waals surface area contributed by atoms with Crippen LogP contribution in [0.3, 0.4) is 0 Å². The molecule has 0 aliphatic carbocycles. The van der Waals surface area contributed by atoms with E-state index in [4.69, 9.17) is 9.05 Å². The number of hydrogen-bond acceptors (Lipinski definition) is 4. The van der Waals surface area contributed by atoms with Gasteiger partial charge in [-0.25, -0.2) is 0 Å². The first kappa shape index (κ1) is 20.4. The van der Waals surface area contributed by atoms with E-state index in [1.165, 1.54) is 0 Å². The van der Waals surface area contributed by atoms with E-state index in [1.807, 2.05) is 54.6 Å². The third-order valence-corrected chi connectivity index (χ3v) is 6.81. The summed E-state index contributed by atoms with van der Waals surface area (Å²) in [7, 11) is -3.78. The zero-order chi connectivity index (χ0) is 19.2. The largest absolute Gasteiger partial charge is 0.481 e. The van der Waals surface area contributed by atoms with Gasteiger partial charge < -0.3 is 14.2 Å². The molecule has 2 rings (SSSR count). The first-order chi connectivity index (χ1) is 12.4. The number of benzene rings is 2. The second-order valence-electron chi connectivity index (χ2n) is 5.94. The molecule has 0 saturated heterocycles. The van der Waals surface area contributed by atoms with E-state index in [0.717, 1.165) is 16.7 Å². The molecule has 0 aliphatic heterocycles. The Morgan fingerprint density at radius 2 is 1.46 bits per heavy atom. The summed E-state index contributed by atoms with van der Waals surface area (Å²) in [4.78, 5) is 11.9. The highest BCUT2D eigenvalue weighted by atomic mass is 31.2. The summed E-state index contributed by atoms with van der Waals surface area (Å²) in [6, 6.07) is 17.5. The summed E-state index contributed by atoms with van der Waals surface area (Å²) in [6.07, 6.45) is 0. The lowest BCUT2D eigenvalue weighted by Gasteiger charge is -2.28. The molecule has 2 aromatic rings. The van der Waals surface area contributed by atoms with Crippen molar-refractivity contribution in [2.75, 3.05) is 13.2 Å². The smallest absolute Gasteiger partial charge is 0.345 e. The van der Waals surface area contributed by atoms with E-state index in [0.29, 0.717) is 0 Å². The highest BCUT2D eigenvalue weighted by Crippen LogP contribution is 2.57. The standard InChI is InChI=1S/C20H25O5P/c1-4-24-26(23,25-5-2)19(20(21)22)15(3)16-11-13-18(14-12-16)17-9-7-6-8-10-17/h6-15,19H,4-5H2,1-3H3,(H,21,22). The lowest BCUT2D eigenvalue weighted by Crippen LogP contribution is -2.28. The van der Waals surface area contributed by atoms with Gasteiger partial charge >= 0.3 is 13.6 Å². The Labute approximate surface area is 154 Å². The van der Waals surface area contributed by atoms with Crippen molar-refractivity contribution in [3.63, 3.8) is 0 Å². The first-order valence-electron chi connectivity index (χ1n) is 8.70. The van der Waals surface area contributed by atoms with Crippen LogP contribution in [-0.2, 0) is 18.4 Å². The predicted octanol–water partition coefficient (Wildman–Crippen LogP) is 5.18. The molecule has 0 aromatic heterocycles. The third kappa shape index (κ3) is 4.61. The van der Waals surface area contributed by atoms with Crippen LogP contribution in [0.15, 0.2) is 54.6 Å². The van der Waals surface area contributed by atoms with E-state index in [2.05, 4.69) is 0 Å². The normalized spacial score (nSPS) is 14.0. The minimum atomic E-state index is -3.78. The van der Waals surface area contributed by atoms with Crippen LogP contribution in [0.1, 0.15) is 32.3 Å². The highest BCUT2D eigenvalue weighted by molar-refractivity contribution is 7.55. The molecule has 0 bridgehead atoms. The molecule has 0 aliphatic rings. The molecule has 0 saturated carbocycles. The van der Waals surface area contributed by atoms with Gasteiger partial charge in [0.1, 0.15) is 0 Å². The zero-order valence-corrected chi connectivity index (χ0v) is 16.2. The van der Waals surface area contributed by atoms with E-state index in [-0.39, 0.29) is 13.2 Å². The van der Waals surface area contributed by atoms with E-state index in [9.17, 15) is 14.5 Å². The van der Waals surface area contributed by atoms with Crippen molar-refractivity contribution in [2.45, 2.75) is 32.3 Å². The van der Waals surface area contributed by atoms with Crippen LogP contribution in [-0.4, -0.2) is 29.9 Å². The number of carboxylic acid groups (broad SMARTS) is 1. The van der Waals surface area contributed by atoms with E-state index >= 15 is 0 Å². The molecule has 1 N–H and O–H groups in total. The average Bonchev–Trinajstić information content (AvgIpc) is 2.62. The van der Waals surface area contributed by atoms with Crippen LogP contribution < -0.4 is 0 Å². The topological polar surface area (TPSA) is 72.8 Å². The molecule has 0 fully saturated rings. The fraction of sp³-hybridized carbons (Fsp3) is 0.350. The minimum Gasteiger partial charge on any atom is -0.481 e. The van der Waals surface area contributed by atoms with Gasteiger partial charge in [0.25, 0.3) is 0 Å². The minimum absolute atomic E-state index is 0.126. The molecule has 26 heavy (non-hydrogen) atoms. The molecule has 2 unspecified atom stereocenters. The van der Waals surface area contributed by atoms with Crippen LogP contribution in [0.4, 0.5) is 0 Å². The number of aliphatic carboxylic acids is 1. The molecule has 0 spiro atoms. The molecular formula is C20H25O5P. The Morgan fingerprint density at radius 1 is 0.962 bits per heavy atom. The Hall–Kier alpha value is -1.94. The van der Waals surface area contributed by atoms with Crippen molar-refractivity contribution in [3.05, 3.63) is 60.2 Å². The van der Waals surface area contributed by atoms with E-state index < -0.39 is 25.1 Å². The molecule has 0 amide bonds. The summed E-state index contributed by atoms with van der Waals surface area (Å²) < 4.78 is 23.6. The number of carboxylic acids is 1. The fourth-order valence-corrected chi connectivity index (χ4v) is 5.08. The van der Waals surface area contributed by atoms with Gasteiger partial charge in [0, 0.05) is 5.92 Å².